The van der Waals surface area contributed by atoms with Gasteiger partial charge in [-0.15, -0.1) is 0 Å². The highest BCUT2D eigenvalue weighted by molar-refractivity contribution is 7.90. The van der Waals surface area contributed by atoms with E-state index in [-0.39, 0.29) is 21.6 Å². The fraction of sp³-hybridized carbons (Fsp3) is 0.383. The van der Waals surface area contributed by atoms with E-state index < -0.39 is 15.9 Å². The number of fused-ring (bicyclic) bond motifs is 1. The lowest BCUT2D eigenvalue weighted by molar-refractivity contribution is 0.0979. The molecule has 10 nitrogen and oxygen atoms in total. The number of carbonyl (C=O) groups excluding carboxylic acids is 1. The van der Waals surface area contributed by atoms with E-state index in [0.717, 1.165) is 104 Å². The predicted octanol–water partition coefficient (Wildman–Crippen LogP) is 9.33. The summed E-state index contributed by atoms with van der Waals surface area (Å²) < 4.78 is 36.3. The van der Waals surface area contributed by atoms with Crippen LogP contribution in [0.4, 0.5) is 11.4 Å². The van der Waals surface area contributed by atoms with Crippen molar-refractivity contribution in [3.8, 4) is 11.5 Å². The minimum absolute atomic E-state index is 0.0271. The second-order valence-electron chi connectivity index (χ2n) is 17.3. The number of hydrogen-bond acceptors (Lipinski definition) is 8. The first-order valence-corrected chi connectivity index (χ1v) is 22.6. The van der Waals surface area contributed by atoms with Gasteiger partial charge in [0.15, 0.2) is 0 Å². The van der Waals surface area contributed by atoms with E-state index in [9.17, 15) is 13.2 Å². The topological polar surface area (TPSA) is 110 Å². The lowest BCUT2D eigenvalue weighted by Crippen LogP contribution is -2.47. The van der Waals surface area contributed by atoms with Crippen molar-refractivity contribution < 1.29 is 17.9 Å². The maximum absolute atomic E-state index is 14.0. The summed E-state index contributed by atoms with van der Waals surface area (Å²) in [6.07, 6.45) is 7.18. The Kier molecular flexibility index (Phi) is 11.8. The number of sulfonamides is 1. The highest BCUT2D eigenvalue weighted by atomic mass is 35.5. The third-order valence-corrected chi connectivity index (χ3v) is 13.9. The van der Waals surface area contributed by atoms with Crippen LogP contribution in [0.2, 0.25) is 5.02 Å². The van der Waals surface area contributed by atoms with Gasteiger partial charge in [0.05, 0.1) is 10.5 Å². The first-order valence-electron chi connectivity index (χ1n) is 20.8. The van der Waals surface area contributed by atoms with E-state index in [1.165, 1.54) is 23.1 Å². The molecular weight excluding hydrogens is 780 g/mol. The number of nitrogens with zero attached hydrogens (tertiary/aromatic N) is 3. The van der Waals surface area contributed by atoms with Crippen molar-refractivity contribution in [3.63, 3.8) is 0 Å². The molecule has 3 aliphatic rings. The third-order valence-electron chi connectivity index (χ3n) is 12.3. The van der Waals surface area contributed by atoms with Gasteiger partial charge in [0.1, 0.15) is 11.5 Å². The van der Waals surface area contributed by atoms with Crippen LogP contribution >= 0.6 is 11.6 Å². The minimum Gasteiger partial charge on any atom is -0.456 e. The summed E-state index contributed by atoms with van der Waals surface area (Å²) >= 11 is 6.25. The van der Waals surface area contributed by atoms with Crippen molar-refractivity contribution in [2.24, 2.45) is 5.41 Å². The smallest absolute Gasteiger partial charge is 0.268 e. The van der Waals surface area contributed by atoms with E-state index in [1.807, 2.05) is 61.7 Å². The molecule has 1 amide bonds. The number of likely N-dealkylation sites (tertiary alicyclic amines) is 1. The van der Waals surface area contributed by atoms with Crippen molar-refractivity contribution >= 4 is 55.4 Å². The summed E-state index contributed by atoms with van der Waals surface area (Å²) in [5.41, 5.74) is 8.10. The molecule has 0 bridgehead atoms. The fourth-order valence-corrected chi connectivity index (χ4v) is 9.89. The largest absolute Gasteiger partial charge is 0.456 e. The molecule has 3 heterocycles. The molecule has 310 valence electrons. The van der Waals surface area contributed by atoms with Crippen LogP contribution < -0.4 is 19.7 Å². The number of hydrogen-bond donors (Lipinski definition) is 3. The molecule has 0 unspecified atom stereocenters. The van der Waals surface area contributed by atoms with Gasteiger partial charge in [-0.25, -0.2) is 13.1 Å². The Bertz CT molecular complexity index is 2460. The Balaban J connectivity index is 1.000. The van der Waals surface area contributed by atoms with Gasteiger partial charge in [0, 0.05) is 78.3 Å². The Morgan fingerprint density at radius 2 is 1.68 bits per heavy atom. The molecule has 5 aromatic rings. The number of anilines is 2. The van der Waals surface area contributed by atoms with Crippen molar-refractivity contribution in [1.82, 2.24) is 19.5 Å². The number of rotatable bonds is 11. The standard InChI is InChI=1S/C47H55ClN6O4S/c1-32-28-38(13-15-42(32)50-36-18-22-52(4)23-19-36)59(56,57)51-46(55)40-14-12-37(29-45(40)58-44-7-5-6-43-39(44)17-21-49-43)54-26-24-53(25-27-54)31-34-16-20-47(2,3)30-41(34)33-8-10-35(48)11-9-33/h5-15,17,21,28-29,36,49-50H,16,18-20,22-27,30-31H2,1-4H3,(H,51,55). The van der Waals surface area contributed by atoms with Crippen LogP contribution in [-0.2, 0) is 10.0 Å². The summed E-state index contributed by atoms with van der Waals surface area (Å²) in [7, 11) is -2.08. The summed E-state index contributed by atoms with van der Waals surface area (Å²) in [4.78, 5) is 24.4. The number of allylic oxidation sites excluding steroid dienone is 1. The Hall–Kier alpha value is -4.81. The number of benzene rings is 4. The molecule has 1 aliphatic carbocycles. The van der Waals surface area contributed by atoms with Gasteiger partial charge in [0.25, 0.3) is 15.9 Å². The van der Waals surface area contributed by atoms with Gasteiger partial charge in [0.2, 0.25) is 0 Å². The maximum atomic E-state index is 14.0. The lowest BCUT2D eigenvalue weighted by atomic mass is 9.72. The second-order valence-corrected chi connectivity index (χ2v) is 19.4. The molecule has 8 rings (SSSR count). The van der Waals surface area contributed by atoms with Crippen LogP contribution in [0.3, 0.4) is 0 Å². The maximum Gasteiger partial charge on any atom is 0.268 e. The molecule has 0 saturated carbocycles. The van der Waals surface area contributed by atoms with Crippen LogP contribution in [0.25, 0.3) is 16.5 Å². The number of nitrogens with one attached hydrogen (secondary N) is 3. The van der Waals surface area contributed by atoms with Gasteiger partial charge in [-0.2, -0.15) is 0 Å². The van der Waals surface area contributed by atoms with Crippen LogP contribution in [0.5, 0.6) is 11.5 Å². The zero-order valence-corrected chi connectivity index (χ0v) is 36.1. The van der Waals surface area contributed by atoms with E-state index >= 15 is 0 Å². The average molecular weight is 836 g/mol. The van der Waals surface area contributed by atoms with Crippen LogP contribution in [0.1, 0.15) is 67.4 Å². The van der Waals surface area contributed by atoms with Crippen molar-refractivity contribution in [2.45, 2.75) is 63.8 Å². The van der Waals surface area contributed by atoms with E-state index in [2.05, 4.69) is 62.8 Å². The molecule has 1 aromatic heterocycles. The zero-order valence-electron chi connectivity index (χ0n) is 34.5. The average Bonchev–Trinajstić information content (AvgIpc) is 3.71. The number of amides is 1. The monoisotopic (exact) mass is 834 g/mol. The highest BCUT2D eigenvalue weighted by Crippen LogP contribution is 2.43. The van der Waals surface area contributed by atoms with Gasteiger partial charge < -0.3 is 24.8 Å². The molecule has 0 atom stereocenters. The molecule has 4 aromatic carbocycles. The third kappa shape index (κ3) is 9.49. The number of piperidine rings is 1. The van der Waals surface area contributed by atoms with E-state index in [0.29, 0.717) is 11.8 Å². The van der Waals surface area contributed by atoms with Crippen LogP contribution in [0, 0.1) is 12.3 Å². The molecule has 12 heteroatoms. The number of carbonyl (C=O) groups is 1. The Morgan fingerprint density at radius 3 is 2.42 bits per heavy atom. The second kappa shape index (κ2) is 17.0. The zero-order chi connectivity index (χ0) is 41.3. The number of ether oxygens (including phenoxy) is 1. The number of aryl methyl sites for hydroxylation is 1. The molecular formula is C47H55ClN6O4S. The van der Waals surface area contributed by atoms with Crippen molar-refractivity contribution in [1.29, 1.82) is 0 Å². The normalized spacial score (nSPS) is 18.3. The fourth-order valence-electron chi connectivity index (χ4n) is 8.72. The molecule has 59 heavy (non-hydrogen) atoms. The highest BCUT2D eigenvalue weighted by Gasteiger charge is 2.30. The van der Waals surface area contributed by atoms with Gasteiger partial charge in [-0.3, -0.25) is 9.69 Å². The van der Waals surface area contributed by atoms with Gasteiger partial charge >= 0.3 is 0 Å². The molecule has 0 spiro atoms. The number of halogens is 1. The van der Waals surface area contributed by atoms with E-state index in [1.54, 1.807) is 24.3 Å². The lowest BCUT2D eigenvalue weighted by Gasteiger charge is -2.39. The quantitative estimate of drug-likeness (QED) is 0.121. The molecule has 0 radical (unpaired) electrons. The van der Waals surface area contributed by atoms with E-state index in [4.69, 9.17) is 16.3 Å². The molecule has 2 fully saturated rings. The van der Waals surface area contributed by atoms with Gasteiger partial charge in [-0.1, -0.05) is 49.2 Å². The summed E-state index contributed by atoms with van der Waals surface area (Å²) in [5.74, 6) is 0.0818. The Morgan fingerprint density at radius 1 is 0.915 bits per heavy atom. The minimum atomic E-state index is -4.20. The Labute approximate surface area is 353 Å². The first kappa shape index (κ1) is 40.9. The number of aromatic amines is 1. The van der Waals surface area contributed by atoms with Gasteiger partial charge in [-0.05, 0) is 142 Å². The SMILES string of the molecule is Cc1cc(S(=O)(=O)NC(=O)c2ccc(N3CCN(CC4=C(c5ccc(Cl)cc5)CC(C)(C)CC4)CC3)cc2Oc2cccc3[nH]ccc23)ccc1NC1CCN(C)CC1. The molecule has 2 saturated heterocycles. The number of aromatic nitrogens is 1. The predicted molar refractivity (Wildman–Crippen MR) is 239 cm³/mol. The van der Waals surface area contributed by atoms with Crippen molar-refractivity contribution in [2.75, 3.05) is 63.1 Å². The van der Waals surface area contributed by atoms with Crippen LogP contribution in [-0.4, -0.2) is 88.0 Å². The summed E-state index contributed by atoms with van der Waals surface area (Å²) in [5, 5.41) is 5.19. The first-order chi connectivity index (χ1) is 28.3. The van der Waals surface area contributed by atoms with Crippen LogP contribution in [0.15, 0.2) is 102 Å². The number of H-pyrrole nitrogens is 1. The number of piperazine rings is 1. The molecule has 2 aliphatic heterocycles. The van der Waals surface area contributed by atoms with Crippen molar-refractivity contribution in [3.05, 3.63) is 118 Å². The summed E-state index contributed by atoms with van der Waals surface area (Å²) in [6, 6.07) is 26.6. The summed E-state index contributed by atoms with van der Waals surface area (Å²) in [6.45, 7) is 12.9. The molecule has 3 N–H and O–H groups in total.